The molecule has 0 spiro atoms. The first-order valence-electron chi connectivity index (χ1n) is 4.83. The number of rotatable bonds is 1. The molecule has 74 valence electrons. The van der Waals surface area contributed by atoms with E-state index in [1.165, 1.54) is 0 Å². The normalized spacial score (nSPS) is 11.4. The standard InChI is InChI=1S/C11H15N3/c1-7(2)14-11-5-10(12)8(3)4-9(11)6-13-14/h4-7H,12H2,1-3H3. The number of nitrogens with zero attached hydrogens (tertiary/aromatic N) is 2. The van der Waals surface area contributed by atoms with Gasteiger partial charge in [0.2, 0.25) is 0 Å². The Hall–Kier alpha value is -1.51. The smallest absolute Gasteiger partial charge is 0.0706 e. The van der Waals surface area contributed by atoms with Gasteiger partial charge in [-0.15, -0.1) is 0 Å². The maximum atomic E-state index is 5.87. The average Bonchev–Trinajstić information content (AvgIpc) is 2.48. The molecule has 1 aromatic heterocycles. The SMILES string of the molecule is Cc1cc2cnn(C(C)C)c2cc1N. The summed E-state index contributed by atoms with van der Waals surface area (Å²) in [4.78, 5) is 0. The predicted octanol–water partition coefficient (Wildman–Crippen LogP) is 2.51. The number of aromatic nitrogens is 2. The van der Waals surface area contributed by atoms with E-state index in [1.54, 1.807) is 0 Å². The minimum absolute atomic E-state index is 0.370. The zero-order valence-electron chi connectivity index (χ0n) is 8.78. The van der Waals surface area contributed by atoms with Crippen molar-refractivity contribution >= 4 is 16.6 Å². The third-order valence-electron chi connectivity index (χ3n) is 2.47. The second kappa shape index (κ2) is 3.01. The second-order valence-corrected chi connectivity index (χ2v) is 3.95. The summed E-state index contributed by atoms with van der Waals surface area (Å²) in [7, 11) is 0. The monoisotopic (exact) mass is 189 g/mol. The molecular formula is C11H15N3. The van der Waals surface area contributed by atoms with E-state index in [-0.39, 0.29) is 0 Å². The van der Waals surface area contributed by atoms with Crippen molar-refractivity contribution in [1.29, 1.82) is 0 Å². The molecule has 0 radical (unpaired) electrons. The van der Waals surface area contributed by atoms with E-state index in [0.29, 0.717) is 6.04 Å². The second-order valence-electron chi connectivity index (χ2n) is 3.95. The fourth-order valence-corrected chi connectivity index (χ4v) is 1.63. The van der Waals surface area contributed by atoms with Gasteiger partial charge in [-0.1, -0.05) is 0 Å². The van der Waals surface area contributed by atoms with Gasteiger partial charge >= 0.3 is 0 Å². The van der Waals surface area contributed by atoms with Crippen LogP contribution >= 0.6 is 0 Å². The van der Waals surface area contributed by atoms with Gasteiger partial charge in [-0.3, -0.25) is 4.68 Å². The Kier molecular flexibility index (Phi) is 1.95. The van der Waals surface area contributed by atoms with E-state index in [4.69, 9.17) is 5.73 Å². The quantitative estimate of drug-likeness (QED) is 0.700. The molecule has 3 heteroatoms. The number of hydrogen-bond donors (Lipinski definition) is 1. The van der Waals surface area contributed by atoms with Crippen LogP contribution in [0.1, 0.15) is 25.5 Å². The van der Waals surface area contributed by atoms with Crippen LogP contribution in [0.3, 0.4) is 0 Å². The molecule has 14 heavy (non-hydrogen) atoms. The summed E-state index contributed by atoms with van der Waals surface area (Å²) in [6.45, 7) is 6.24. The molecule has 3 nitrogen and oxygen atoms in total. The third-order valence-corrected chi connectivity index (χ3v) is 2.47. The van der Waals surface area contributed by atoms with Gasteiger partial charge in [0, 0.05) is 17.1 Å². The van der Waals surface area contributed by atoms with Gasteiger partial charge in [-0.2, -0.15) is 5.10 Å². The Morgan fingerprint density at radius 3 is 2.71 bits per heavy atom. The molecule has 1 heterocycles. The van der Waals surface area contributed by atoms with Crippen LogP contribution in [0.5, 0.6) is 0 Å². The average molecular weight is 189 g/mol. The highest BCUT2D eigenvalue weighted by atomic mass is 15.3. The summed E-state index contributed by atoms with van der Waals surface area (Å²) >= 11 is 0. The van der Waals surface area contributed by atoms with Gasteiger partial charge in [0.15, 0.2) is 0 Å². The minimum atomic E-state index is 0.370. The molecule has 2 rings (SSSR count). The molecule has 0 aliphatic heterocycles. The summed E-state index contributed by atoms with van der Waals surface area (Å²) < 4.78 is 1.99. The number of fused-ring (bicyclic) bond motifs is 1. The van der Waals surface area contributed by atoms with Crippen molar-refractivity contribution in [2.45, 2.75) is 26.8 Å². The van der Waals surface area contributed by atoms with E-state index in [0.717, 1.165) is 22.2 Å². The lowest BCUT2D eigenvalue weighted by Crippen LogP contribution is -2.02. The Bertz CT molecular complexity index is 469. The Morgan fingerprint density at radius 2 is 2.07 bits per heavy atom. The summed E-state index contributed by atoms with van der Waals surface area (Å²) in [6, 6.07) is 4.45. The summed E-state index contributed by atoms with van der Waals surface area (Å²) in [5.41, 5.74) is 8.93. The lowest BCUT2D eigenvalue weighted by molar-refractivity contribution is 0.551. The van der Waals surface area contributed by atoms with Gasteiger partial charge in [0.05, 0.1) is 11.7 Å². The highest BCUT2D eigenvalue weighted by Gasteiger charge is 2.06. The van der Waals surface area contributed by atoms with Gasteiger partial charge < -0.3 is 5.73 Å². The van der Waals surface area contributed by atoms with Gasteiger partial charge in [-0.05, 0) is 38.5 Å². The molecule has 0 amide bonds. The van der Waals surface area contributed by atoms with Crippen molar-refractivity contribution in [2.24, 2.45) is 0 Å². The Labute approximate surface area is 83.5 Å². The van der Waals surface area contributed by atoms with E-state index < -0.39 is 0 Å². The Balaban J connectivity index is 2.74. The summed E-state index contributed by atoms with van der Waals surface area (Å²) in [5.74, 6) is 0. The van der Waals surface area contributed by atoms with Crippen molar-refractivity contribution < 1.29 is 0 Å². The summed E-state index contributed by atoms with van der Waals surface area (Å²) in [5, 5.41) is 5.50. The van der Waals surface area contributed by atoms with Gasteiger partial charge in [-0.25, -0.2) is 0 Å². The maximum Gasteiger partial charge on any atom is 0.0706 e. The molecule has 0 fully saturated rings. The van der Waals surface area contributed by atoms with Gasteiger partial charge in [0.1, 0.15) is 0 Å². The van der Waals surface area contributed by atoms with Crippen LogP contribution < -0.4 is 5.73 Å². The fraction of sp³-hybridized carbons (Fsp3) is 0.364. The number of nitrogens with two attached hydrogens (primary N) is 1. The number of nitrogen functional groups attached to an aromatic ring is 1. The van der Waals surface area contributed by atoms with Crippen LogP contribution in [-0.4, -0.2) is 9.78 Å². The number of aryl methyl sites for hydroxylation is 1. The van der Waals surface area contributed by atoms with Crippen LogP contribution in [0, 0.1) is 6.92 Å². The van der Waals surface area contributed by atoms with Crippen molar-refractivity contribution in [3.63, 3.8) is 0 Å². The van der Waals surface area contributed by atoms with Crippen LogP contribution in [-0.2, 0) is 0 Å². The first-order chi connectivity index (χ1) is 6.59. The van der Waals surface area contributed by atoms with Crippen LogP contribution in [0.15, 0.2) is 18.3 Å². The number of anilines is 1. The fourth-order valence-electron chi connectivity index (χ4n) is 1.63. The summed E-state index contributed by atoms with van der Waals surface area (Å²) in [6.07, 6.45) is 1.89. The number of hydrogen-bond acceptors (Lipinski definition) is 2. The third kappa shape index (κ3) is 1.25. The van der Waals surface area contributed by atoms with Crippen LogP contribution in [0.2, 0.25) is 0 Å². The van der Waals surface area contributed by atoms with Gasteiger partial charge in [0.25, 0.3) is 0 Å². The van der Waals surface area contributed by atoms with E-state index >= 15 is 0 Å². The van der Waals surface area contributed by atoms with Crippen molar-refractivity contribution in [3.8, 4) is 0 Å². The first kappa shape index (κ1) is 9.06. The molecule has 1 aromatic carbocycles. The minimum Gasteiger partial charge on any atom is -0.398 e. The Morgan fingerprint density at radius 1 is 1.36 bits per heavy atom. The molecule has 0 unspecified atom stereocenters. The molecule has 0 aliphatic carbocycles. The highest BCUT2D eigenvalue weighted by molar-refractivity contribution is 5.83. The van der Waals surface area contributed by atoms with E-state index in [9.17, 15) is 0 Å². The first-order valence-corrected chi connectivity index (χ1v) is 4.83. The lowest BCUT2D eigenvalue weighted by Gasteiger charge is -2.08. The molecule has 0 aliphatic rings. The predicted molar refractivity (Wildman–Crippen MR) is 59.3 cm³/mol. The van der Waals surface area contributed by atoms with Crippen molar-refractivity contribution in [3.05, 3.63) is 23.9 Å². The lowest BCUT2D eigenvalue weighted by atomic mass is 10.1. The van der Waals surface area contributed by atoms with Crippen LogP contribution in [0.4, 0.5) is 5.69 Å². The highest BCUT2D eigenvalue weighted by Crippen LogP contribution is 2.23. The van der Waals surface area contributed by atoms with Crippen molar-refractivity contribution in [2.75, 3.05) is 5.73 Å². The zero-order valence-corrected chi connectivity index (χ0v) is 8.78. The topological polar surface area (TPSA) is 43.8 Å². The molecule has 2 N–H and O–H groups in total. The number of benzene rings is 1. The molecular weight excluding hydrogens is 174 g/mol. The van der Waals surface area contributed by atoms with Crippen molar-refractivity contribution in [1.82, 2.24) is 9.78 Å². The molecule has 0 bridgehead atoms. The molecule has 2 aromatic rings. The van der Waals surface area contributed by atoms with E-state index in [2.05, 4.69) is 25.0 Å². The molecule has 0 atom stereocenters. The largest absolute Gasteiger partial charge is 0.398 e. The van der Waals surface area contributed by atoms with E-state index in [1.807, 2.05) is 23.9 Å². The molecule has 0 saturated heterocycles. The zero-order chi connectivity index (χ0) is 10.3. The maximum absolute atomic E-state index is 5.87. The molecule has 0 saturated carbocycles. The van der Waals surface area contributed by atoms with Crippen LogP contribution in [0.25, 0.3) is 10.9 Å².